The fourth-order valence-electron chi connectivity index (χ4n) is 3.60. The number of ether oxygens (including phenoxy) is 1. The van der Waals surface area contributed by atoms with Crippen LogP contribution in [0.4, 0.5) is 11.6 Å². The van der Waals surface area contributed by atoms with E-state index in [1.807, 2.05) is 13.0 Å². The second-order valence-electron chi connectivity index (χ2n) is 7.05. The Morgan fingerprint density at radius 1 is 0.931 bits per heavy atom. The highest BCUT2D eigenvalue weighted by molar-refractivity contribution is 7.89. The van der Waals surface area contributed by atoms with Gasteiger partial charge in [0, 0.05) is 45.3 Å². The van der Waals surface area contributed by atoms with Crippen molar-refractivity contribution in [3.8, 4) is 0 Å². The Morgan fingerprint density at radius 3 is 2.14 bits per heavy atom. The number of morpholine rings is 1. The van der Waals surface area contributed by atoms with Crippen LogP contribution in [0.5, 0.6) is 0 Å². The topological polar surface area (TPSA) is 78.9 Å². The van der Waals surface area contributed by atoms with Crippen molar-refractivity contribution in [2.45, 2.75) is 11.8 Å². The van der Waals surface area contributed by atoms with Gasteiger partial charge in [-0.15, -0.1) is 0 Å². The number of hydrogen-bond acceptors (Lipinski definition) is 7. The maximum Gasteiger partial charge on any atom is 0.244 e. The van der Waals surface area contributed by atoms with E-state index in [1.54, 1.807) is 24.3 Å². The lowest BCUT2D eigenvalue weighted by molar-refractivity contribution is 0.122. The molecule has 2 aliphatic heterocycles. The number of hydrogen-bond donors (Lipinski definition) is 0. The average molecular weight is 438 g/mol. The van der Waals surface area contributed by atoms with E-state index in [1.165, 1.54) is 4.31 Å². The maximum atomic E-state index is 12.9. The molecule has 2 aromatic rings. The van der Waals surface area contributed by atoms with Gasteiger partial charge in [0.25, 0.3) is 0 Å². The minimum Gasteiger partial charge on any atom is -0.378 e. The third kappa shape index (κ3) is 4.32. The van der Waals surface area contributed by atoms with Crippen molar-refractivity contribution in [1.29, 1.82) is 0 Å². The van der Waals surface area contributed by atoms with E-state index in [-0.39, 0.29) is 9.92 Å². The maximum absolute atomic E-state index is 12.9. The van der Waals surface area contributed by atoms with Crippen LogP contribution in [-0.4, -0.2) is 75.2 Å². The van der Waals surface area contributed by atoms with Gasteiger partial charge in [0.2, 0.25) is 10.0 Å². The first-order valence-electron chi connectivity index (χ1n) is 9.63. The summed E-state index contributed by atoms with van der Waals surface area (Å²) in [5.74, 6) is 2.42. The number of sulfonamides is 1. The Bertz CT molecular complexity index is 974. The molecule has 0 spiro atoms. The second-order valence-corrected chi connectivity index (χ2v) is 9.37. The van der Waals surface area contributed by atoms with E-state index >= 15 is 0 Å². The molecule has 8 nitrogen and oxygen atoms in total. The van der Waals surface area contributed by atoms with Crippen LogP contribution in [0.1, 0.15) is 5.82 Å². The summed E-state index contributed by atoms with van der Waals surface area (Å²) in [6.07, 6.45) is 0. The van der Waals surface area contributed by atoms with Crippen molar-refractivity contribution in [3.05, 3.63) is 41.2 Å². The van der Waals surface area contributed by atoms with Crippen molar-refractivity contribution in [1.82, 2.24) is 14.3 Å². The number of piperazine rings is 1. The molecule has 0 unspecified atom stereocenters. The number of benzene rings is 1. The number of aromatic nitrogens is 2. The molecule has 0 aliphatic carbocycles. The average Bonchev–Trinajstić information content (AvgIpc) is 2.74. The van der Waals surface area contributed by atoms with Crippen molar-refractivity contribution >= 4 is 33.3 Å². The van der Waals surface area contributed by atoms with Gasteiger partial charge in [0.05, 0.1) is 18.2 Å². The molecule has 2 aliphatic rings. The first-order valence-corrected chi connectivity index (χ1v) is 11.4. The lowest BCUT2D eigenvalue weighted by Gasteiger charge is -2.35. The smallest absolute Gasteiger partial charge is 0.244 e. The molecule has 1 aromatic carbocycles. The molecule has 2 saturated heterocycles. The molecule has 0 bridgehead atoms. The summed E-state index contributed by atoms with van der Waals surface area (Å²) in [6.45, 7) is 6.75. The van der Waals surface area contributed by atoms with Crippen molar-refractivity contribution < 1.29 is 13.2 Å². The molecular weight excluding hydrogens is 414 g/mol. The number of halogens is 1. The van der Waals surface area contributed by atoms with E-state index in [2.05, 4.69) is 19.8 Å². The second kappa shape index (κ2) is 8.43. The van der Waals surface area contributed by atoms with Gasteiger partial charge in [-0.25, -0.2) is 18.4 Å². The fourth-order valence-corrected chi connectivity index (χ4v) is 5.52. The molecule has 29 heavy (non-hydrogen) atoms. The van der Waals surface area contributed by atoms with Crippen LogP contribution in [0.15, 0.2) is 35.2 Å². The number of nitrogens with zero attached hydrogens (tertiary/aromatic N) is 5. The van der Waals surface area contributed by atoms with Crippen LogP contribution in [0.25, 0.3) is 0 Å². The summed E-state index contributed by atoms with van der Waals surface area (Å²) >= 11 is 6.11. The summed E-state index contributed by atoms with van der Waals surface area (Å²) in [5.41, 5.74) is 0. The Balaban J connectivity index is 1.48. The van der Waals surface area contributed by atoms with Gasteiger partial charge in [0.1, 0.15) is 22.4 Å². The quantitative estimate of drug-likeness (QED) is 0.721. The third-order valence-corrected chi connectivity index (χ3v) is 7.56. The SMILES string of the molecule is Cc1nc(N2CCOCC2)cc(N2CCN(S(=O)(=O)c3ccccc3Cl)CC2)n1. The van der Waals surface area contributed by atoms with Gasteiger partial charge >= 0.3 is 0 Å². The van der Waals surface area contributed by atoms with Crippen LogP contribution >= 0.6 is 11.6 Å². The molecule has 4 rings (SSSR count). The zero-order valence-electron chi connectivity index (χ0n) is 16.3. The van der Waals surface area contributed by atoms with E-state index in [0.717, 1.165) is 24.7 Å². The van der Waals surface area contributed by atoms with Gasteiger partial charge in [-0.2, -0.15) is 4.31 Å². The summed E-state index contributed by atoms with van der Waals surface area (Å²) in [5, 5.41) is 0.247. The zero-order valence-corrected chi connectivity index (χ0v) is 17.9. The predicted octanol–water partition coefficient (Wildman–Crippen LogP) is 1.79. The van der Waals surface area contributed by atoms with E-state index < -0.39 is 10.0 Å². The van der Waals surface area contributed by atoms with Gasteiger partial charge in [-0.05, 0) is 19.1 Å². The fraction of sp³-hybridized carbons (Fsp3) is 0.474. The van der Waals surface area contributed by atoms with E-state index in [4.69, 9.17) is 16.3 Å². The first kappa shape index (κ1) is 20.3. The molecular formula is C19H24ClN5O3S. The predicted molar refractivity (Wildman–Crippen MR) is 112 cm³/mol. The highest BCUT2D eigenvalue weighted by Gasteiger charge is 2.30. The van der Waals surface area contributed by atoms with Crippen molar-refractivity contribution in [2.75, 3.05) is 62.3 Å². The van der Waals surface area contributed by atoms with E-state index in [9.17, 15) is 8.42 Å². The first-order chi connectivity index (χ1) is 13.9. The molecule has 0 atom stereocenters. The monoisotopic (exact) mass is 437 g/mol. The molecule has 1 aromatic heterocycles. The van der Waals surface area contributed by atoms with Gasteiger partial charge in [0.15, 0.2) is 0 Å². The standard InChI is InChI=1S/C19H24ClN5O3S/c1-15-21-18(14-19(22-15)24-10-12-28-13-11-24)23-6-8-25(9-7-23)29(26,27)17-5-3-2-4-16(17)20/h2-5,14H,6-13H2,1H3. The van der Waals surface area contributed by atoms with Crippen LogP contribution in [0.2, 0.25) is 5.02 Å². The van der Waals surface area contributed by atoms with Gasteiger partial charge in [-0.1, -0.05) is 23.7 Å². The largest absolute Gasteiger partial charge is 0.378 e. The Kier molecular flexibility index (Phi) is 5.91. The molecule has 0 radical (unpaired) electrons. The van der Waals surface area contributed by atoms with Crippen LogP contribution in [-0.2, 0) is 14.8 Å². The molecule has 0 saturated carbocycles. The highest BCUT2D eigenvalue weighted by Crippen LogP contribution is 2.26. The summed E-state index contributed by atoms with van der Waals surface area (Å²) in [7, 11) is -3.61. The normalized spacial score (nSPS) is 18.8. The summed E-state index contributed by atoms with van der Waals surface area (Å²) < 4.78 is 32.8. The van der Waals surface area contributed by atoms with E-state index in [0.29, 0.717) is 45.2 Å². The summed E-state index contributed by atoms with van der Waals surface area (Å²) in [4.78, 5) is 13.6. The summed E-state index contributed by atoms with van der Waals surface area (Å²) in [6, 6.07) is 8.54. The van der Waals surface area contributed by atoms with Crippen LogP contribution in [0, 0.1) is 6.92 Å². The Labute approximate surface area is 176 Å². The van der Waals surface area contributed by atoms with Crippen molar-refractivity contribution in [3.63, 3.8) is 0 Å². The van der Waals surface area contributed by atoms with Gasteiger partial charge in [-0.3, -0.25) is 0 Å². The lowest BCUT2D eigenvalue weighted by Crippen LogP contribution is -2.49. The van der Waals surface area contributed by atoms with Gasteiger partial charge < -0.3 is 14.5 Å². The highest BCUT2D eigenvalue weighted by atomic mass is 35.5. The third-order valence-electron chi connectivity index (χ3n) is 5.16. The number of anilines is 2. The molecule has 10 heteroatoms. The molecule has 0 amide bonds. The molecule has 156 valence electrons. The van der Waals surface area contributed by atoms with Crippen LogP contribution in [0.3, 0.4) is 0 Å². The number of rotatable bonds is 4. The Hall–Kier alpha value is -1.94. The minimum absolute atomic E-state index is 0.155. The Morgan fingerprint density at radius 2 is 1.52 bits per heavy atom. The lowest BCUT2D eigenvalue weighted by atomic mass is 10.3. The van der Waals surface area contributed by atoms with Crippen molar-refractivity contribution in [2.24, 2.45) is 0 Å². The number of aryl methyl sites for hydroxylation is 1. The molecule has 3 heterocycles. The molecule has 2 fully saturated rings. The van der Waals surface area contributed by atoms with Crippen LogP contribution < -0.4 is 9.80 Å². The minimum atomic E-state index is -3.61. The zero-order chi connectivity index (χ0) is 20.4. The molecule has 0 N–H and O–H groups in total.